The fourth-order valence-electron chi connectivity index (χ4n) is 3.13. The van der Waals surface area contributed by atoms with E-state index in [-0.39, 0.29) is 0 Å². The SMILES string of the molecule is COC1=CC2=C3C(=CC1)C(=O)CC3CCC2. The topological polar surface area (TPSA) is 26.3 Å². The summed E-state index contributed by atoms with van der Waals surface area (Å²) in [4.78, 5) is 11.9. The fourth-order valence-corrected chi connectivity index (χ4v) is 3.13. The van der Waals surface area contributed by atoms with Crippen LogP contribution in [-0.2, 0) is 9.53 Å². The predicted molar refractivity (Wildman–Crippen MR) is 61.8 cm³/mol. The summed E-state index contributed by atoms with van der Waals surface area (Å²) in [5.74, 6) is 1.82. The molecule has 3 aliphatic carbocycles. The second kappa shape index (κ2) is 3.62. The van der Waals surface area contributed by atoms with Gasteiger partial charge in [-0.05, 0) is 42.4 Å². The molecular formula is C14H16O2. The average molecular weight is 216 g/mol. The molecule has 0 saturated heterocycles. The first kappa shape index (κ1) is 9.88. The van der Waals surface area contributed by atoms with Gasteiger partial charge in [-0.2, -0.15) is 0 Å². The van der Waals surface area contributed by atoms with Gasteiger partial charge in [-0.1, -0.05) is 6.08 Å². The number of ether oxygens (including phenoxy) is 1. The van der Waals surface area contributed by atoms with Gasteiger partial charge in [0.15, 0.2) is 5.78 Å². The van der Waals surface area contributed by atoms with Crippen LogP contribution in [0.4, 0.5) is 0 Å². The number of Topliss-reactive ketones (excluding diaryl/α,β-unsaturated/α-hetero) is 1. The molecule has 0 N–H and O–H groups in total. The lowest BCUT2D eigenvalue weighted by molar-refractivity contribution is -0.114. The Hall–Kier alpha value is -1.31. The lowest BCUT2D eigenvalue weighted by Crippen LogP contribution is -2.06. The molecule has 0 spiro atoms. The van der Waals surface area contributed by atoms with Gasteiger partial charge in [0.2, 0.25) is 0 Å². The lowest BCUT2D eigenvalue weighted by atomic mass is 9.84. The van der Waals surface area contributed by atoms with Crippen LogP contribution in [0.1, 0.15) is 32.1 Å². The molecule has 1 unspecified atom stereocenters. The van der Waals surface area contributed by atoms with Crippen LogP contribution in [0, 0.1) is 5.92 Å². The molecule has 3 rings (SSSR count). The Morgan fingerprint density at radius 3 is 3.12 bits per heavy atom. The zero-order chi connectivity index (χ0) is 11.1. The second-order valence-electron chi connectivity index (χ2n) is 4.79. The van der Waals surface area contributed by atoms with Crippen molar-refractivity contribution in [1.82, 2.24) is 0 Å². The standard InChI is InChI=1S/C14H16O2/c1-16-11-5-6-12-13(15)8-10-4-2-3-9(7-11)14(10)12/h6-7,10H,2-5,8H2,1H3. The van der Waals surface area contributed by atoms with Crippen molar-refractivity contribution in [1.29, 1.82) is 0 Å². The third kappa shape index (κ3) is 1.36. The van der Waals surface area contributed by atoms with E-state index in [0.717, 1.165) is 30.6 Å². The van der Waals surface area contributed by atoms with Gasteiger partial charge in [-0.25, -0.2) is 0 Å². The minimum Gasteiger partial charge on any atom is -0.501 e. The van der Waals surface area contributed by atoms with Crippen LogP contribution in [0.15, 0.2) is 34.6 Å². The maximum absolute atomic E-state index is 11.9. The third-order valence-electron chi connectivity index (χ3n) is 3.88. The van der Waals surface area contributed by atoms with Crippen molar-refractivity contribution in [3.63, 3.8) is 0 Å². The number of hydrogen-bond donors (Lipinski definition) is 0. The minimum atomic E-state index is 0.338. The van der Waals surface area contributed by atoms with Gasteiger partial charge >= 0.3 is 0 Å². The van der Waals surface area contributed by atoms with Crippen molar-refractivity contribution in [3.05, 3.63) is 34.6 Å². The van der Waals surface area contributed by atoms with Gasteiger partial charge in [0.05, 0.1) is 12.9 Å². The average Bonchev–Trinajstić information content (AvgIpc) is 2.50. The maximum Gasteiger partial charge on any atom is 0.163 e. The van der Waals surface area contributed by atoms with Crippen LogP contribution in [0.3, 0.4) is 0 Å². The van der Waals surface area contributed by atoms with Crippen molar-refractivity contribution in [3.8, 4) is 0 Å². The molecule has 3 aliphatic rings. The van der Waals surface area contributed by atoms with E-state index in [0.29, 0.717) is 11.7 Å². The number of methoxy groups -OCH3 is 1. The summed E-state index contributed by atoms with van der Waals surface area (Å²) < 4.78 is 5.33. The summed E-state index contributed by atoms with van der Waals surface area (Å²) in [5, 5.41) is 0. The number of carbonyl (C=O) groups excluding carboxylic acids is 1. The van der Waals surface area contributed by atoms with Crippen molar-refractivity contribution in [2.75, 3.05) is 7.11 Å². The van der Waals surface area contributed by atoms with Gasteiger partial charge < -0.3 is 4.74 Å². The first-order valence-electron chi connectivity index (χ1n) is 6.01. The molecule has 16 heavy (non-hydrogen) atoms. The smallest absolute Gasteiger partial charge is 0.163 e. The zero-order valence-corrected chi connectivity index (χ0v) is 9.58. The Bertz CT molecular complexity index is 438. The number of hydrogen-bond acceptors (Lipinski definition) is 2. The van der Waals surface area contributed by atoms with Crippen LogP contribution in [0.5, 0.6) is 0 Å². The highest BCUT2D eigenvalue weighted by atomic mass is 16.5. The molecule has 2 nitrogen and oxygen atoms in total. The molecule has 0 bridgehead atoms. The summed E-state index contributed by atoms with van der Waals surface area (Å²) in [6.07, 6.45) is 9.20. The van der Waals surface area contributed by atoms with Gasteiger partial charge in [0.1, 0.15) is 0 Å². The predicted octanol–water partition coefficient (Wildman–Crippen LogP) is 2.92. The highest BCUT2D eigenvalue weighted by Crippen LogP contribution is 2.45. The monoisotopic (exact) mass is 216 g/mol. The minimum absolute atomic E-state index is 0.338. The third-order valence-corrected chi connectivity index (χ3v) is 3.88. The molecule has 0 heterocycles. The van der Waals surface area contributed by atoms with Gasteiger partial charge in [-0.15, -0.1) is 0 Å². The second-order valence-corrected chi connectivity index (χ2v) is 4.79. The molecule has 0 aromatic carbocycles. The van der Waals surface area contributed by atoms with Crippen molar-refractivity contribution in [2.24, 2.45) is 5.92 Å². The molecule has 84 valence electrons. The first-order chi connectivity index (χ1) is 7.79. The quantitative estimate of drug-likeness (QED) is 0.673. The van der Waals surface area contributed by atoms with E-state index < -0.39 is 0 Å². The molecule has 0 amide bonds. The fraction of sp³-hybridized carbons (Fsp3) is 0.500. The van der Waals surface area contributed by atoms with Gasteiger partial charge in [0.25, 0.3) is 0 Å². The normalized spacial score (nSPS) is 28.3. The molecule has 0 aromatic heterocycles. The first-order valence-corrected chi connectivity index (χ1v) is 6.01. The molecule has 1 atom stereocenters. The van der Waals surface area contributed by atoms with Crippen LogP contribution >= 0.6 is 0 Å². The van der Waals surface area contributed by atoms with E-state index in [1.807, 2.05) is 0 Å². The Balaban J connectivity index is 2.13. The Morgan fingerprint density at radius 2 is 2.31 bits per heavy atom. The number of ketones is 1. The number of rotatable bonds is 1. The maximum atomic E-state index is 11.9. The van der Waals surface area contributed by atoms with E-state index in [9.17, 15) is 4.79 Å². The van der Waals surface area contributed by atoms with Crippen LogP contribution in [0.25, 0.3) is 0 Å². The Kier molecular flexibility index (Phi) is 2.23. The van der Waals surface area contributed by atoms with E-state index in [2.05, 4.69) is 12.2 Å². The zero-order valence-electron chi connectivity index (χ0n) is 9.58. The molecule has 2 heteroatoms. The molecular weight excluding hydrogens is 200 g/mol. The van der Waals surface area contributed by atoms with E-state index >= 15 is 0 Å². The molecule has 0 aliphatic heterocycles. The summed E-state index contributed by atoms with van der Waals surface area (Å²) in [6, 6.07) is 0. The van der Waals surface area contributed by atoms with Crippen molar-refractivity contribution >= 4 is 5.78 Å². The summed E-state index contributed by atoms with van der Waals surface area (Å²) in [7, 11) is 1.71. The van der Waals surface area contributed by atoms with E-state index in [1.54, 1.807) is 7.11 Å². The Morgan fingerprint density at radius 1 is 1.44 bits per heavy atom. The highest BCUT2D eigenvalue weighted by molar-refractivity contribution is 6.04. The number of carbonyl (C=O) groups is 1. The summed E-state index contributed by atoms with van der Waals surface area (Å²) in [5.41, 5.74) is 3.68. The van der Waals surface area contributed by atoms with Crippen molar-refractivity contribution in [2.45, 2.75) is 32.1 Å². The Labute approximate surface area is 95.7 Å². The highest BCUT2D eigenvalue weighted by Gasteiger charge is 2.36. The van der Waals surface area contributed by atoms with Crippen LogP contribution in [0.2, 0.25) is 0 Å². The van der Waals surface area contributed by atoms with Crippen molar-refractivity contribution < 1.29 is 9.53 Å². The molecule has 0 radical (unpaired) electrons. The largest absolute Gasteiger partial charge is 0.501 e. The van der Waals surface area contributed by atoms with Crippen LogP contribution < -0.4 is 0 Å². The molecule has 1 fully saturated rings. The summed E-state index contributed by atoms with van der Waals surface area (Å²) >= 11 is 0. The van der Waals surface area contributed by atoms with Gasteiger partial charge in [0, 0.05) is 18.4 Å². The van der Waals surface area contributed by atoms with E-state index in [4.69, 9.17) is 4.74 Å². The lowest BCUT2D eigenvalue weighted by Gasteiger charge is -2.20. The molecule has 1 saturated carbocycles. The van der Waals surface area contributed by atoms with Gasteiger partial charge in [-0.3, -0.25) is 4.79 Å². The van der Waals surface area contributed by atoms with Crippen LogP contribution in [-0.4, -0.2) is 12.9 Å². The molecule has 0 aromatic rings. The summed E-state index contributed by atoms with van der Waals surface area (Å²) in [6.45, 7) is 0. The number of allylic oxidation sites excluding steroid dienone is 5. The van der Waals surface area contributed by atoms with E-state index in [1.165, 1.54) is 24.0 Å².